The van der Waals surface area contributed by atoms with Gasteiger partial charge >= 0.3 is 18.0 Å². The molecule has 2 rings (SSSR count). The van der Waals surface area contributed by atoms with Crippen molar-refractivity contribution in [1.29, 1.82) is 0 Å². The summed E-state index contributed by atoms with van der Waals surface area (Å²) in [6, 6.07) is 1.03. The van der Waals surface area contributed by atoms with Crippen LogP contribution in [0.5, 0.6) is 0 Å². The van der Waals surface area contributed by atoms with Gasteiger partial charge in [0.15, 0.2) is 5.69 Å². The average molecular weight is 339 g/mol. The Morgan fingerprint density at radius 3 is 2.50 bits per heavy atom. The third-order valence-electron chi connectivity index (χ3n) is 3.59. The van der Waals surface area contributed by atoms with E-state index in [1.807, 2.05) is 0 Å². The minimum Gasteiger partial charge on any atom is -0.477 e. The van der Waals surface area contributed by atoms with Crippen LogP contribution in [0.25, 0.3) is 0 Å². The number of aromatic carboxylic acids is 2. The largest absolute Gasteiger partial charge is 0.477 e. The lowest BCUT2D eigenvalue weighted by molar-refractivity contribution is 0.0286. The Labute approximate surface area is 138 Å². The molecule has 0 aliphatic carbocycles. The van der Waals surface area contributed by atoms with E-state index in [9.17, 15) is 14.4 Å². The van der Waals surface area contributed by atoms with Crippen LogP contribution >= 0.6 is 0 Å². The van der Waals surface area contributed by atoms with Gasteiger partial charge in [-0.1, -0.05) is 0 Å². The molecule has 9 heteroatoms. The van der Waals surface area contributed by atoms with Crippen molar-refractivity contribution in [2.45, 2.75) is 39.3 Å². The van der Waals surface area contributed by atoms with Gasteiger partial charge in [0.1, 0.15) is 11.3 Å². The van der Waals surface area contributed by atoms with Crippen LogP contribution in [0, 0.1) is 5.92 Å². The molecule has 0 saturated carbocycles. The standard InChI is InChI=1S/C15H21N3O6/c1-15(2,3)24-14(23)17-5-4-9(7-17)8-18-11(13(21)22)6-10(16-18)12(19)20/h6,9H,4-5,7-8H2,1-3H3,(H,19,20)(H,21,22). The van der Waals surface area contributed by atoms with Crippen LogP contribution in [-0.2, 0) is 11.3 Å². The molecule has 2 N–H and O–H groups in total. The van der Waals surface area contributed by atoms with E-state index >= 15 is 0 Å². The summed E-state index contributed by atoms with van der Waals surface area (Å²) in [5.41, 5.74) is -1.07. The van der Waals surface area contributed by atoms with Gasteiger partial charge in [0.05, 0.1) is 0 Å². The molecule has 132 valence electrons. The van der Waals surface area contributed by atoms with Gasteiger partial charge in [-0.15, -0.1) is 0 Å². The molecular weight excluding hydrogens is 318 g/mol. The van der Waals surface area contributed by atoms with Gasteiger partial charge < -0.3 is 19.8 Å². The normalized spacial score (nSPS) is 17.8. The van der Waals surface area contributed by atoms with Crippen LogP contribution in [-0.4, -0.2) is 61.6 Å². The molecule has 9 nitrogen and oxygen atoms in total. The molecular formula is C15H21N3O6. The number of rotatable bonds is 4. The summed E-state index contributed by atoms with van der Waals surface area (Å²) in [4.78, 5) is 35.8. The fourth-order valence-corrected chi connectivity index (χ4v) is 2.55. The average Bonchev–Trinajstić information content (AvgIpc) is 3.04. The second-order valence-corrected chi connectivity index (χ2v) is 6.79. The van der Waals surface area contributed by atoms with Gasteiger partial charge in [-0.05, 0) is 33.1 Å². The predicted molar refractivity (Wildman–Crippen MR) is 82.1 cm³/mol. The first-order valence-electron chi connectivity index (χ1n) is 7.59. The van der Waals surface area contributed by atoms with Crippen LogP contribution in [0.3, 0.4) is 0 Å². The van der Waals surface area contributed by atoms with Gasteiger partial charge in [-0.25, -0.2) is 14.4 Å². The minimum atomic E-state index is -1.28. The number of likely N-dealkylation sites (tertiary alicyclic amines) is 1. The van der Waals surface area contributed by atoms with Crippen molar-refractivity contribution >= 4 is 18.0 Å². The summed E-state index contributed by atoms with van der Waals surface area (Å²) < 4.78 is 6.49. The van der Waals surface area contributed by atoms with Gasteiger partial charge in [-0.2, -0.15) is 5.10 Å². The number of carbonyl (C=O) groups excluding carboxylic acids is 1. The topological polar surface area (TPSA) is 122 Å². The van der Waals surface area contributed by atoms with Crippen molar-refractivity contribution in [2.24, 2.45) is 5.92 Å². The summed E-state index contributed by atoms with van der Waals surface area (Å²) in [6.45, 7) is 6.51. The molecule has 0 radical (unpaired) electrons. The maximum absolute atomic E-state index is 12.0. The Kier molecular flexibility index (Phi) is 4.81. The third kappa shape index (κ3) is 4.24. The van der Waals surface area contributed by atoms with Gasteiger partial charge in [0.2, 0.25) is 0 Å². The predicted octanol–water partition coefficient (Wildman–Crippen LogP) is 1.54. The molecule has 0 bridgehead atoms. The van der Waals surface area contributed by atoms with Crippen LogP contribution in [0.1, 0.15) is 48.2 Å². The van der Waals surface area contributed by atoms with Gasteiger partial charge in [0.25, 0.3) is 0 Å². The summed E-state index contributed by atoms with van der Waals surface area (Å²) >= 11 is 0. The summed E-state index contributed by atoms with van der Waals surface area (Å²) in [7, 11) is 0. The van der Waals surface area contributed by atoms with Crippen molar-refractivity contribution in [3.8, 4) is 0 Å². The highest BCUT2D eigenvalue weighted by atomic mass is 16.6. The quantitative estimate of drug-likeness (QED) is 0.853. The maximum atomic E-state index is 12.0. The maximum Gasteiger partial charge on any atom is 0.410 e. The highest BCUT2D eigenvalue weighted by Crippen LogP contribution is 2.21. The zero-order valence-corrected chi connectivity index (χ0v) is 13.9. The molecule has 1 aliphatic heterocycles. The second kappa shape index (κ2) is 6.50. The van der Waals surface area contributed by atoms with Crippen LogP contribution < -0.4 is 0 Å². The van der Waals surface area contributed by atoms with Crippen LogP contribution in [0.15, 0.2) is 6.07 Å². The van der Waals surface area contributed by atoms with E-state index < -0.39 is 23.6 Å². The van der Waals surface area contributed by atoms with E-state index in [1.54, 1.807) is 25.7 Å². The highest BCUT2D eigenvalue weighted by Gasteiger charge is 2.31. The smallest absolute Gasteiger partial charge is 0.410 e. The SMILES string of the molecule is CC(C)(C)OC(=O)N1CCC(Cn2nc(C(=O)O)cc2C(=O)O)C1. The monoisotopic (exact) mass is 339 g/mol. The lowest BCUT2D eigenvalue weighted by atomic mass is 10.1. The summed E-state index contributed by atoms with van der Waals surface area (Å²) in [6.07, 6.45) is 0.260. The zero-order chi connectivity index (χ0) is 18.1. The number of aromatic nitrogens is 2. The Morgan fingerprint density at radius 1 is 1.29 bits per heavy atom. The first-order chi connectivity index (χ1) is 11.1. The van der Waals surface area contributed by atoms with E-state index in [1.165, 1.54) is 4.68 Å². The molecule has 1 aliphatic rings. The number of carboxylic acid groups (broad SMARTS) is 2. The highest BCUT2D eigenvalue weighted by molar-refractivity contribution is 5.91. The number of ether oxygens (including phenoxy) is 1. The summed E-state index contributed by atoms with van der Waals surface area (Å²) in [5, 5.41) is 21.9. The Balaban J connectivity index is 2.04. The molecule has 1 unspecified atom stereocenters. The fourth-order valence-electron chi connectivity index (χ4n) is 2.55. The van der Waals surface area contributed by atoms with Crippen molar-refractivity contribution < 1.29 is 29.3 Å². The Hall–Kier alpha value is -2.58. The first kappa shape index (κ1) is 17.8. The fraction of sp³-hybridized carbons (Fsp3) is 0.600. The minimum absolute atomic E-state index is 0.0165. The van der Waals surface area contributed by atoms with E-state index in [2.05, 4.69) is 5.10 Å². The lowest BCUT2D eigenvalue weighted by Gasteiger charge is -2.24. The second-order valence-electron chi connectivity index (χ2n) is 6.79. The number of carboxylic acids is 2. The van der Waals surface area contributed by atoms with Gasteiger partial charge in [-0.3, -0.25) is 4.68 Å². The number of carbonyl (C=O) groups is 3. The zero-order valence-electron chi connectivity index (χ0n) is 13.9. The van der Waals surface area contributed by atoms with E-state index in [0.717, 1.165) is 6.07 Å². The van der Waals surface area contributed by atoms with Crippen LogP contribution in [0.4, 0.5) is 4.79 Å². The van der Waals surface area contributed by atoms with E-state index in [-0.39, 0.29) is 23.9 Å². The van der Waals surface area contributed by atoms with Crippen molar-refractivity contribution in [3.63, 3.8) is 0 Å². The lowest BCUT2D eigenvalue weighted by Crippen LogP contribution is -2.35. The molecule has 24 heavy (non-hydrogen) atoms. The van der Waals surface area contributed by atoms with Crippen molar-refractivity contribution in [2.75, 3.05) is 13.1 Å². The Bertz CT molecular complexity index is 661. The molecule has 1 saturated heterocycles. The van der Waals surface area contributed by atoms with Gasteiger partial charge in [0, 0.05) is 25.7 Å². The molecule has 0 aromatic carbocycles. The molecule has 0 spiro atoms. The molecule has 1 atom stereocenters. The van der Waals surface area contributed by atoms with E-state index in [0.29, 0.717) is 19.5 Å². The Morgan fingerprint density at radius 2 is 1.96 bits per heavy atom. The first-order valence-corrected chi connectivity index (χ1v) is 7.59. The number of hydrogen-bond acceptors (Lipinski definition) is 5. The molecule has 2 heterocycles. The van der Waals surface area contributed by atoms with Crippen LogP contribution in [0.2, 0.25) is 0 Å². The number of nitrogens with zero attached hydrogens (tertiary/aromatic N) is 3. The van der Waals surface area contributed by atoms with E-state index in [4.69, 9.17) is 14.9 Å². The van der Waals surface area contributed by atoms with Crippen molar-refractivity contribution in [3.05, 3.63) is 17.5 Å². The number of amides is 1. The molecule has 1 aromatic rings. The molecule has 1 amide bonds. The molecule has 1 fully saturated rings. The molecule has 1 aromatic heterocycles. The number of hydrogen-bond donors (Lipinski definition) is 2. The third-order valence-corrected chi connectivity index (χ3v) is 3.59. The van der Waals surface area contributed by atoms with Crippen molar-refractivity contribution in [1.82, 2.24) is 14.7 Å². The summed E-state index contributed by atoms with van der Waals surface area (Å²) in [5.74, 6) is -2.53.